The van der Waals surface area contributed by atoms with Crippen LogP contribution in [0.15, 0.2) is 0 Å². The minimum Gasteiger partial charge on any atom is -0.303 e. The summed E-state index contributed by atoms with van der Waals surface area (Å²) in [6.45, 7) is 0. The molecule has 0 aromatic rings. The van der Waals surface area contributed by atoms with E-state index in [1.54, 1.807) is 0 Å². The van der Waals surface area contributed by atoms with Crippen molar-refractivity contribution in [2.75, 3.05) is 6.35 Å². The first kappa shape index (κ1) is 8.21. The molecule has 0 saturated carbocycles. The first-order chi connectivity index (χ1) is 3.56. The van der Waals surface area contributed by atoms with Crippen LogP contribution in [-0.4, -0.2) is 16.1 Å². The summed E-state index contributed by atoms with van der Waals surface area (Å²) in [7, 11) is -4.82. The van der Waals surface area contributed by atoms with E-state index in [0.29, 0.717) is 0 Å². The van der Waals surface area contributed by atoms with E-state index in [1.165, 1.54) is 0 Å². The Kier molecular flexibility index (Phi) is 3.36. The molecule has 0 aliphatic carbocycles. The van der Waals surface area contributed by atoms with Crippen molar-refractivity contribution in [1.29, 1.82) is 0 Å². The first-order valence-corrected chi connectivity index (χ1v) is 4.08. The van der Waals surface area contributed by atoms with Gasteiger partial charge in [-0.25, -0.2) is 4.57 Å². The van der Waals surface area contributed by atoms with Gasteiger partial charge in [-0.05, 0) is 0 Å². The molecule has 0 aliphatic rings. The Morgan fingerprint density at radius 1 is 1.62 bits per heavy atom. The Bertz CT molecular complexity index is 114. The molecule has 0 spiro atoms. The summed E-state index contributed by atoms with van der Waals surface area (Å²) >= 11 is 0. The van der Waals surface area contributed by atoms with E-state index in [0.717, 1.165) is 0 Å². The van der Waals surface area contributed by atoms with Gasteiger partial charge in [0.15, 0.2) is 8.46 Å². The highest BCUT2D eigenvalue weighted by atomic mass is 31.2. The fourth-order valence-electron chi connectivity index (χ4n) is 0.0988. The van der Waals surface area contributed by atoms with Crippen LogP contribution in [0, 0.1) is 0 Å². The zero-order chi connectivity index (χ0) is 6.62. The molecule has 2 N–H and O–H groups in total. The zero-order valence-electron chi connectivity index (χ0n) is 3.72. The molecule has 0 fully saturated rings. The molecule has 0 radical (unpaired) electrons. The largest absolute Gasteiger partial charge is 0.470 e. The Morgan fingerprint density at radius 2 is 2.12 bits per heavy atom. The quantitative estimate of drug-likeness (QED) is 0.578. The summed E-state index contributed by atoms with van der Waals surface area (Å²) < 4.78 is 22.9. The summed E-state index contributed by atoms with van der Waals surface area (Å²) in [5.41, 5.74) is 0. The van der Waals surface area contributed by atoms with E-state index in [9.17, 15) is 9.13 Å². The smallest absolute Gasteiger partial charge is 0.303 e. The highest BCUT2D eigenvalue weighted by molar-refractivity contribution is 7.46. The molecular weight excluding hydrogens is 154 g/mol. The maximum atomic E-state index is 9.72. The molecule has 48 valence electrons. The molecule has 0 aliphatic heterocycles. The molecule has 8 heavy (non-hydrogen) atoms. The second kappa shape index (κ2) is 3.28. The van der Waals surface area contributed by atoms with Crippen LogP contribution >= 0.6 is 16.3 Å². The SMILES string of the molecule is O=PCOP(=O)(O)O. The van der Waals surface area contributed by atoms with Crippen molar-refractivity contribution in [3.63, 3.8) is 0 Å². The van der Waals surface area contributed by atoms with Crippen LogP contribution in [0.4, 0.5) is 0 Å². The molecule has 0 atom stereocenters. The van der Waals surface area contributed by atoms with Gasteiger partial charge in [-0.1, -0.05) is 0 Å². The van der Waals surface area contributed by atoms with Crippen LogP contribution < -0.4 is 0 Å². The predicted octanol–water partition coefficient (Wildman–Crippen LogP) is 0.345. The summed E-state index contributed by atoms with van der Waals surface area (Å²) in [5.74, 6) is 0. The van der Waals surface area contributed by atoms with Gasteiger partial charge in [-0.2, -0.15) is 0 Å². The third-order valence-electron chi connectivity index (χ3n) is 0.279. The predicted molar refractivity (Wildman–Crippen MR) is 25.6 cm³/mol. The van der Waals surface area contributed by atoms with Crippen LogP contribution in [0.2, 0.25) is 0 Å². The van der Waals surface area contributed by atoms with Gasteiger partial charge in [-0.3, -0.25) is 9.09 Å². The second-order valence-electron chi connectivity index (χ2n) is 0.878. The molecule has 0 rings (SSSR count). The lowest BCUT2D eigenvalue weighted by molar-refractivity contribution is 0.225. The lowest BCUT2D eigenvalue weighted by atomic mass is 11.7. The fourth-order valence-corrected chi connectivity index (χ4v) is 0.889. The van der Waals surface area contributed by atoms with E-state index < -0.39 is 22.6 Å². The van der Waals surface area contributed by atoms with Crippen LogP contribution in [0.1, 0.15) is 0 Å². The van der Waals surface area contributed by atoms with Crippen molar-refractivity contribution in [2.45, 2.75) is 0 Å². The number of rotatable bonds is 3. The number of phosphoric ester groups is 1. The van der Waals surface area contributed by atoms with Gasteiger partial charge in [0, 0.05) is 0 Å². The average molecular weight is 158 g/mol. The highest BCUT2D eigenvalue weighted by Gasteiger charge is 2.11. The molecule has 0 saturated heterocycles. The number of phosphoric acid groups is 1. The monoisotopic (exact) mass is 158 g/mol. The molecule has 0 unspecified atom stereocenters. The Hall–Kier alpha value is 0.210. The van der Waals surface area contributed by atoms with Crippen molar-refractivity contribution in [1.82, 2.24) is 0 Å². The molecule has 7 heteroatoms. The fraction of sp³-hybridized carbons (Fsp3) is 1.00. The lowest BCUT2D eigenvalue weighted by Gasteiger charge is -1.97. The van der Waals surface area contributed by atoms with Gasteiger partial charge < -0.3 is 9.79 Å². The maximum Gasteiger partial charge on any atom is 0.470 e. The minimum absolute atomic E-state index is 0.435. The van der Waals surface area contributed by atoms with Crippen molar-refractivity contribution >= 4 is 16.3 Å². The summed E-state index contributed by atoms with van der Waals surface area (Å²) in [5, 5.41) is 0. The van der Waals surface area contributed by atoms with Gasteiger partial charge in [-0.15, -0.1) is 0 Å². The van der Waals surface area contributed by atoms with Gasteiger partial charge in [0.1, 0.15) is 6.35 Å². The molecular formula is CH4O5P2. The van der Waals surface area contributed by atoms with Crippen LogP contribution in [0.3, 0.4) is 0 Å². The third kappa shape index (κ3) is 6.21. The molecule has 0 amide bonds. The number of hydrogen-bond acceptors (Lipinski definition) is 3. The molecule has 0 bridgehead atoms. The molecule has 0 aromatic heterocycles. The Labute approximate surface area is 47.1 Å². The van der Waals surface area contributed by atoms with Gasteiger partial charge in [0.05, 0.1) is 0 Å². The third-order valence-corrected chi connectivity index (χ3v) is 1.18. The van der Waals surface area contributed by atoms with E-state index in [-0.39, 0.29) is 0 Å². The second-order valence-corrected chi connectivity index (χ2v) is 2.63. The van der Waals surface area contributed by atoms with Crippen LogP contribution in [-0.2, 0) is 13.7 Å². The van der Waals surface area contributed by atoms with E-state index >= 15 is 0 Å². The summed E-state index contributed by atoms with van der Waals surface area (Å²) in [4.78, 5) is 15.8. The van der Waals surface area contributed by atoms with Gasteiger partial charge in [0.2, 0.25) is 0 Å². The number of hydrogen-bond donors (Lipinski definition) is 2. The van der Waals surface area contributed by atoms with Crippen LogP contribution in [0.25, 0.3) is 0 Å². The van der Waals surface area contributed by atoms with Crippen molar-refractivity contribution in [3.8, 4) is 0 Å². The van der Waals surface area contributed by atoms with E-state index in [1.807, 2.05) is 0 Å². The molecule has 0 aromatic carbocycles. The normalized spacial score (nSPS) is 12.2. The summed E-state index contributed by atoms with van der Waals surface area (Å²) in [6, 6.07) is 0. The molecule has 0 heterocycles. The average Bonchev–Trinajstić information content (AvgIpc) is 1.59. The Morgan fingerprint density at radius 3 is 2.25 bits per heavy atom. The highest BCUT2D eigenvalue weighted by Crippen LogP contribution is 2.36. The van der Waals surface area contributed by atoms with E-state index in [2.05, 4.69) is 4.52 Å². The lowest BCUT2D eigenvalue weighted by Crippen LogP contribution is -1.82. The molecule has 5 nitrogen and oxygen atoms in total. The Balaban J connectivity index is 3.40. The topological polar surface area (TPSA) is 83.8 Å². The van der Waals surface area contributed by atoms with Crippen molar-refractivity contribution in [2.24, 2.45) is 0 Å². The maximum absolute atomic E-state index is 9.72. The van der Waals surface area contributed by atoms with Crippen molar-refractivity contribution in [3.05, 3.63) is 0 Å². The van der Waals surface area contributed by atoms with E-state index in [4.69, 9.17) is 9.79 Å². The van der Waals surface area contributed by atoms with Crippen molar-refractivity contribution < 1.29 is 23.4 Å². The van der Waals surface area contributed by atoms with Gasteiger partial charge in [0.25, 0.3) is 0 Å². The van der Waals surface area contributed by atoms with Gasteiger partial charge >= 0.3 is 7.82 Å². The minimum atomic E-state index is -4.39. The van der Waals surface area contributed by atoms with Crippen LogP contribution in [0.5, 0.6) is 0 Å². The zero-order valence-corrected chi connectivity index (χ0v) is 5.51. The summed E-state index contributed by atoms with van der Waals surface area (Å²) in [6.07, 6.45) is -0.468. The first-order valence-electron chi connectivity index (χ1n) is 1.55. The standard InChI is InChI=1S/CH4O5P2/c2-7-1-6-8(3,4)5/h1H2,(H2,3,4,5).